The van der Waals surface area contributed by atoms with Crippen molar-refractivity contribution >= 4 is 16.8 Å². The number of aryl methyl sites for hydroxylation is 1. The minimum atomic E-state index is -0.932. The van der Waals surface area contributed by atoms with Gasteiger partial charge in [-0.25, -0.2) is 14.3 Å². The van der Waals surface area contributed by atoms with Crippen LogP contribution in [0.3, 0.4) is 0 Å². The summed E-state index contributed by atoms with van der Waals surface area (Å²) in [6.07, 6.45) is 2.75. The molecule has 0 unspecified atom stereocenters. The van der Waals surface area contributed by atoms with Crippen LogP contribution >= 0.6 is 0 Å². The highest BCUT2D eigenvalue weighted by Crippen LogP contribution is 2.36. The average molecular weight is 449 g/mol. The SMILES string of the molecule is CONCCCc1cc([C@@H](C)N(C(=O)[C@H]2CNCCO2)C2CC2)nc2cc(F)c(F)cc12. The standard InChI is InChI=1S/C23H30F2N4O3/c1-14(29(16-5-6-16)23(30)22-13-26-8-9-32-22)20-10-15(4-3-7-27-31-2)17-11-18(24)19(25)12-21(17)28-20/h10-12,14,16,22,26-27H,3-9,13H2,1-2H3/t14-,22-/m1/s1. The first-order chi connectivity index (χ1) is 15.5. The van der Waals surface area contributed by atoms with Gasteiger partial charge in [-0.05, 0) is 50.3 Å². The first kappa shape index (κ1) is 23.0. The number of carbonyl (C=O) groups is 1. The van der Waals surface area contributed by atoms with E-state index >= 15 is 0 Å². The maximum Gasteiger partial charge on any atom is 0.253 e. The summed E-state index contributed by atoms with van der Waals surface area (Å²) in [7, 11) is 1.55. The number of ether oxygens (including phenoxy) is 1. The van der Waals surface area contributed by atoms with Crippen LogP contribution in [0.5, 0.6) is 0 Å². The van der Waals surface area contributed by atoms with Crippen LogP contribution in [-0.2, 0) is 20.8 Å². The highest BCUT2D eigenvalue weighted by Gasteiger charge is 2.40. The molecule has 0 radical (unpaired) electrons. The molecule has 1 aliphatic carbocycles. The Morgan fingerprint density at radius 1 is 1.34 bits per heavy atom. The van der Waals surface area contributed by atoms with Crippen molar-refractivity contribution in [2.45, 2.75) is 50.8 Å². The van der Waals surface area contributed by atoms with Gasteiger partial charge >= 0.3 is 0 Å². The summed E-state index contributed by atoms with van der Waals surface area (Å²) < 4.78 is 33.7. The van der Waals surface area contributed by atoms with Gasteiger partial charge in [0, 0.05) is 37.1 Å². The number of nitrogens with one attached hydrogen (secondary N) is 2. The van der Waals surface area contributed by atoms with E-state index in [1.165, 1.54) is 6.07 Å². The molecule has 2 aliphatic rings. The highest BCUT2D eigenvalue weighted by molar-refractivity contribution is 5.84. The zero-order chi connectivity index (χ0) is 22.7. The summed E-state index contributed by atoms with van der Waals surface area (Å²) >= 11 is 0. The minimum absolute atomic E-state index is 0.0507. The van der Waals surface area contributed by atoms with Crippen LogP contribution in [-0.4, -0.2) is 61.3 Å². The van der Waals surface area contributed by atoms with E-state index in [4.69, 9.17) is 9.57 Å². The summed E-state index contributed by atoms with van der Waals surface area (Å²) in [6, 6.07) is 4.10. The summed E-state index contributed by atoms with van der Waals surface area (Å²) in [5.74, 6) is -1.88. The molecular weight excluding hydrogens is 418 g/mol. The normalized spacial score (nSPS) is 19.8. The molecule has 1 aromatic carbocycles. The fourth-order valence-corrected chi connectivity index (χ4v) is 4.26. The Morgan fingerprint density at radius 2 is 2.12 bits per heavy atom. The number of fused-ring (bicyclic) bond motifs is 1. The molecular formula is C23H30F2N4O3. The zero-order valence-electron chi connectivity index (χ0n) is 18.5. The van der Waals surface area contributed by atoms with Crippen LogP contribution in [0.25, 0.3) is 10.9 Å². The highest BCUT2D eigenvalue weighted by atomic mass is 19.2. The van der Waals surface area contributed by atoms with Gasteiger partial charge in [0.2, 0.25) is 0 Å². The van der Waals surface area contributed by atoms with Crippen LogP contribution in [0.1, 0.15) is 43.5 Å². The van der Waals surface area contributed by atoms with Crippen molar-refractivity contribution in [3.63, 3.8) is 0 Å². The van der Waals surface area contributed by atoms with Gasteiger partial charge in [-0.1, -0.05) is 0 Å². The van der Waals surface area contributed by atoms with E-state index < -0.39 is 17.7 Å². The molecule has 0 spiro atoms. The van der Waals surface area contributed by atoms with Gasteiger partial charge in [0.15, 0.2) is 11.6 Å². The number of rotatable bonds is 9. The minimum Gasteiger partial charge on any atom is -0.366 e. The maximum absolute atomic E-state index is 14.0. The van der Waals surface area contributed by atoms with E-state index in [1.54, 1.807) is 7.11 Å². The Labute approximate surface area is 186 Å². The molecule has 1 aliphatic heterocycles. The van der Waals surface area contributed by atoms with Crippen molar-refractivity contribution in [3.05, 3.63) is 41.1 Å². The lowest BCUT2D eigenvalue weighted by molar-refractivity contribution is -0.148. The van der Waals surface area contributed by atoms with Crippen molar-refractivity contribution in [1.29, 1.82) is 0 Å². The molecule has 7 nitrogen and oxygen atoms in total. The van der Waals surface area contributed by atoms with Crippen LogP contribution in [0, 0.1) is 11.6 Å². The summed E-state index contributed by atoms with van der Waals surface area (Å²) in [6.45, 7) is 4.28. The monoisotopic (exact) mass is 448 g/mol. The first-order valence-corrected chi connectivity index (χ1v) is 11.2. The third-order valence-corrected chi connectivity index (χ3v) is 6.07. The van der Waals surface area contributed by atoms with Crippen LogP contribution in [0.15, 0.2) is 18.2 Å². The summed E-state index contributed by atoms with van der Waals surface area (Å²) in [5.41, 5.74) is 4.72. The fraction of sp³-hybridized carbons (Fsp3) is 0.565. The van der Waals surface area contributed by atoms with Crippen molar-refractivity contribution in [2.24, 2.45) is 0 Å². The first-order valence-electron chi connectivity index (χ1n) is 11.2. The molecule has 2 N–H and O–H groups in total. The predicted octanol–water partition coefficient (Wildman–Crippen LogP) is 2.64. The Bertz CT molecular complexity index is 964. The van der Waals surface area contributed by atoms with E-state index in [9.17, 15) is 13.6 Å². The summed E-state index contributed by atoms with van der Waals surface area (Å²) in [4.78, 5) is 24.7. The number of morpholine rings is 1. The maximum atomic E-state index is 14.0. The Balaban J connectivity index is 1.66. The molecule has 174 valence electrons. The molecule has 2 heterocycles. The molecule has 2 atom stereocenters. The quantitative estimate of drug-likeness (QED) is 0.454. The van der Waals surface area contributed by atoms with Crippen LogP contribution in [0.2, 0.25) is 0 Å². The molecule has 4 rings (SSSR count). The largest absolute Gasteiger partial charge is 0.366 e. The van der Waals surface area contributed by atoms with Crippen molar-refractivity contribution in [3.8, 4) is 0 Å². The Hall–Kier alpha value is -2.20. The lowest BCUT2D eigenvalue weighted by Crippen LogP contribution is -2.50. The summed E-state index contributed by atoms with van der Waals surface area (Å²) in [5, 5.41) is 3.79. The van der Waals surface area contributed by atoms with Gasteiger partial charge in [0.1, 0.15) is 6.10 Å². The second kappa shape index (κ2) is 10.2. The molecule has 1 saturated heterocycles. The number of benzene rings is 1. The lowest BCUT2D eigenvalue weighted by Gasteiger charge is -2.34. The topological polar surface area (TPSA) is 75.7 Å². The van der Waals surface area contributed by atoms with Gasteiger partial charge in [0.25, 0.3) is 5.91 Å². The van der Waals surface area contributed by atoms with Crippen molar-refractivity contribution in [1.82, 2.24) is 20.7 Å². The van der Waals surface area contributed by atoms with Gasteiger partial charge in [-0.3, -0.25) is 9.78 Å². The number of hydrogen-bond donors (Lipinski definition) is 2. The molecule has 2 fully saturated rings. The third-order valence-electron chi connectivity index (χ3n) is 6.07. The van der Waals surface area contributed by atoms with Gasteiger partial charge in [0.05, 0.1) is 31.0 Å². The van der Waals surface area contributed by atoms with Gasteiger partial charge in [-0.15, -0.1) is 0 Å². The molecule has 1 saturated carbocycles. The Kier molecular flexibility index (Phi) is 7.30. The fourth-order valence-electron chi connectivity index (χ4n) is 4.26. The van der Waals surface area contributed by atoms with Crippen LogP contribution in [0.4, 0.5) is 8.78 Å². The van der Waals surface area contributed by atoms with Crippen LogP contribution < -0.4 is 10.8 Å². The molecule has 1 amide bonds. The van der Waals surface area contributed by atoms with Gasteiger partial charge < -0.3 is 19.8 Å². The van der Waals surface area contributed by atoms with Crippen molar-refractivity contribution in [2.75, 3.05) is 33.4 Å². The Morgan fingerprint density at radius 3 is 2.81 bits per heavy atom. The average Bonchev–Trinajstić information content (AvgIpc) is 3.63. The molecule has 0 bridgehead atoms. The van der Waals surface area contributed by atoms with E-state index in [0.29, 0.717) is 42.7 Å². The van der Waals surface area contributed by atoms with E-state index in [-0.39, 0.29) is 18.0 Å². The lowest BCUT2D eigenvalue weighted by atomic mass is 10.00. The van der Waals surface area contributed by atoms with Gasteiger partial charge in [-0.2, -0.15) is 0 Å². The zero-order valence-corrected chi connectivity index (χ0v) is 18.5. The smallest absolute Gasteiger partial charge is 0.253 e. The predicted molar refractivity (Wildman–Crippen MR) is 116 cm³/mol. The molecule has 2 aromatic rings. The van der Waals surface area contributed by atoms with E-state index in [2.05, 4.69) is 15.8 Å². The number of hydroxylamine groups is 1. The molecule has 9 heteroatoms. The number of aromatic nitrogens is 1. The number of pyridine rings is 1. The molecule has 32 heavy (non-hydrogen) atoms. The number of nitrogens with zero attached hydrogens (tertiary/aromatic N) is 2. The number of halogens is 2. The number of hydrogen-bond acceptors (Lipinski definition) is 6. The third kappa shape index (κ3) is 5.06. The van der Waals surface area contributed by atoms with E-state index in [1.807, 2.05) is 17.9 Å². The molecule has 1 aromatic heterocycles. The number of amides is 1. The second-order valence-electron chi connectivity index (χ2n) is 8.41. The van der Waals surface area contributed by atoms with Crippen molar-refractivity contribution < 1.29 is 23.1 Å². The number of carbonyl (C=O) groups excluding carboxylic acids is 1. The van der Waals surface area contributed by atoms with E-state index in [0.717, 1.165) is 37.4 Å². The second-order valence-corrected chi connectivity index (χ2v) is 8.41.